The minimum absolute atomic E-state index is 0.110. The molecule has 1 aromatic heterocycles. The molecule has 0 bridgehead atoms. The number of likely N-dealkylation sites (tertiary alicyclic amines) is 1. The van der Waals surface area contributed by atoms with E-state index in [0.29, 0.717) is 11.7 Å². The van der Waals surface area contributed by atoms with Gasteiger partial charge in [-0.05, 0) is 62.5 Å². The second-order valence-electron chi connectivity index (χ2n) is 8.94. The van der Waals surface area contributed by atoms with Crippen LogP contribution < -0.4 is 10.6 Å². The molecule has 2 fully saturated rings. The Labute approximate surface area is 188 Å². The number of nitrogens with one attached hydrogen (secondary N) is 2. The third-order valence-corrected chi connectivity index (χ3v) is 6.47. The molecule has 1 saturated carbocycles. The Morgan fingerprint density at radius 3 is 2.56 bits per heavy atom. The summed E-state index contributed by atoms with van der Waals surface area (Å²) in [6.07, 6.45) is 10.1. The van der Waals surface area contributed by atoms with Crippen LogP contribution in [-0.2, 0) is 11.3 Å². The van der Waals surface area contributed by atoms with Crippen LogP contribution in [0.1, 0.15) is 60.9 Å². The number of rotatable bonds is 6. The molecular formula is C25H31FN4O2. The molecule has 2 amide bonds. The molecule has 1 saturated heterocycles. The number of amides is 2. The lowest BCUT2D eigenvalue weighted by Crippen LogP contribution is -2.44. The Balaban J connectivity index is 1.26. The van der Waals surface area contributed by atoms with E-state index in [-0.39, 0.29) is 23.3 Å². The van der Waals surface area contributed by atoms with Crippen molar-refractivity contribution in [3.05, 3.63) is 59.7 Å². The Hall–Kier alpha value is -2.80. The van der Waals surface area contributed by atoms with Gasteiger partial charge in [-0.3, -0.25) is 19.5 Å². The maximum Gasteiger partial charge on any atom is 0.257 e. The summed E-state index contributed by atoms with van der Waals surface area (Å²) in [5.41, 5.74) is 1.94. The van der Waals surface area contributed by atoms with Crippen molar-refractivity contribution in [2.75, 3.05) is 18.4 Å². The lowest BCUT2D eigenvalue weighted by molar-refractivity contribution is -0.127. The van der Waals surface area contributed by atoms with Crippen molar-refractivity contribution < 1.29 is 14.0 Å². The van der Waals surface area contributed by atoms with E-state index in [0.717, 1.165) is 57.1 Å². The highest BCUT2D eigenvalue weighted by Crippen LogP contribution is 2.23. The summed E-state index contributed by atoms with van der Waals surface area (Å²) in [6, 6.07) is 9.22. The summed E-state index contributed by atoms with van der Waals surface area (Å²) in [6.45, 7) is 2.53. The average Bonchev–Trinajstić information content (AvgIpc) is 2.80. The zero-order valence-electron chi connectivity index (χ0n) is 18.4. The number of benzene rings is 1. The first kappa shape index (κ1) is 22.4. The molecule has 2 aromatic rings. The van der Waals surface area contributed by atoms with Gasteiger partial charge >= 0.3 is 0 Å². The fraction of sp³-hybridized carbons (Fsp3) is 0.480. The molecule has 2 N–H and O–H groups in total. The summed E-state index contributed by atoms with van der Waals surface area (Å²) in [7, 11) is 0. The third-order valence-electron chi connectivity index (χ3n) is 6.47. The number of carbonyl (C=O) groups is 2. The first-order chi connectivity index (χ1) is 15.6. The van der Waals surface area contributed by atoms with E-state index in [1.165, 1.54) is 31.5 Å². The molecule has 32 heavy (non-hydrogen) atoms. The van der Waals surface area contributed by atoms with E-state index in [4.69, 9.17) is 0 Å². The number of pyridine rings is 1. The molecule has 1 aromatic carbocycles. The fourth-order valence-electron chi connectivity index (χ4n) is 4.66. The molecule has 0 unspecified atom stereocenters. The normalized spacial score (nSPS) is 18.3. The molecule has 170 valence electrons. The van der Waals surface area contributed by atoms with Gasteiger partial charge in [0.05, 0.1) is 11.8 Å². The number of carbonyl (C=O) groups excluding carboxylic acids is 2. The van der Waals surface area contributed by atoms with Crippen LogP contribution >= 0.6 is 0 Å². The first-order valence-electron chi connectivity index (χ1n) is 11.6. The van der Waals surface area contributed by atoms with Gasteiger partial charge in [0.25, 0.3) is 5.91 Å². The number of piperidine rings is 1. The Kier molecular flexibility index (Phi) is 7.47. The Morgan fingerprint density at radius 1 is 1.03 bits per heavy atom. The topological polar surface area (TPSA) is 74.3 Å². The van der Waals surface area contributed by atoms with E-state index in [1.807, 2.05) is 24.3 Å². The SMILES string of the molecule is O=C(Nc1cccc(CN2CCC(C(=O)NC3CCCCC3)CC2)c1)c1cncc(F)c1. The van der Waals surface area contributed by atoms with Crippen molar-refractivity contribution >= 4 is 17.5 Å². The second-order valence-corrected chi connectivity index (χ2v) is 8.94. The minimum atomic E-state index is -0.540. The minimum Gasteiger partial charge on any atom is -0.353 e. The van der Waals surface area contributed by atoms with E-state index in [2.05, 4.69) is 20.5 Å². The zero-order valence-corrected chi connectivity index (χ0v) is 18.4. The number of nitrogens with zero attached hydrogens (tertiary/aromatic N) is 2. The van der Waals surface area contributed by atoms with E-state index in [9.17, 15) is 14.0 Å². The van der Waals surface area contributed by atoms with Crippen molar-refractivity contribution in [1.82, 2.24) is 15.2 Å². The quantitative estimate of drug-likeness (QED) is 0.711. The molecule has 0 atom stereocenters. The maximum absolute atomic E-state index is 13.3. The van der Waals surface area contributed by atoms with E-state index < -0.39 is 5.82 Å². The predicted molar refractivity (Wildman–Crippen MR) is 122 cm³/mol. The average molecular weight is 439 g/mol. The van der Waals surface area contributed by atoms with Crippen molar-refractivity contribution in [3.63, 3.8) is 0 Å². The third kappa shape index (κ3) is 6.13. The number of halogens is 1. The molecule has 2 aliphatic rings. The largest absolute Gasteiger partial charge is 0.353 e. The van der Waals surface area contributed by atoms with Gasteiger partial charge in [-0.1, -0.05) is 31.4 Å². The highest BCUT2D eigenvalue weighted by molar-refractivity contribution is 6.04. The summed E-state index contributed by atoms with van der Waals surface area (Å²) in [5.74, 6) is -0.590. The summed E-state index contributed by atoms with van der Waals surface area (Å²) < 4.78 is 13.3. The second kappa shape index (κ2) is 10.7. The van der Waals surface area contributed by atoms with Gasteiger partial charge in [0.1, 0.15) is 5.82 Å². The molecule has 4 rings (SSSR count). The van der Waals surface area contributed by atoms with Gasteiger partial charge < -0.3 is 10.6 Å². The van der Waals surface area contributed by atoms with Crippen molar-refractivity contribution in [3.8, 4) is 0 Å². The van der Waals surface area contributed by atoms with Crippen LogP contribution in [0.5, 0.6) is 0 Å². The predicted octanol–water partition coefficient (Wildman–Crippen LogP) is 4.13. The van der Waals surface area contributed by atoms with Gasteiger partial charge in [-0.15, -0.1) is 0 Å². The monoisotopic (exact) mass is 438 g/mol. The van der Waals surface area contributed by atoms with Crippen LogP contribution in [-0.4, -0.2) is 40.8 Å². The van der Waals surface area contributed by atoms with E-state index in [1.54, 1.807) is 0 Å². The number of hydrogen-bond donors (Lipinski definition) is 2. The molecule has 0 radical (unpaired) electrons. The smallest absolute Gasteiger partial charge is 0.257 e. The highest BCUT2D eigenvalue weighted by Gasteiger charge is 2.27. The lowest BCUT2D eigenvalue weighted by Gasteiger charge is -2.32. The maximum atomic E-state index is 13.3. The highest BCUT2D eigenvalue weighted by atomic mass is 19.1. The first-order valence-corrected chi connectivity index (χ1v) is 11.6. The zero-order chi connectivity index (χ0) is 22.3. The number of anilines is 1. The molecule has 1 aliphatic carbocycles. The Bertz CT molecular complexity index is 937. The van der Waals surface area contributed by atoms with Crippen LogP contribution in [0, 0.1) is 11.7 Å². The molecule has 7 heteroatoms. The van der Waals surface area contributed by atoms with Gasteiger partial charge in [0.15, 0.2) is 0 Å². The van der Waals surface area contributed by atoms with Crippen LogP contribution in [0.15, 0.2) is 42.7 Å². The van der Waals surface area contributed by atoms with Crippen LogP contribution in [0.25, 0.3) is 0 Å². The summed E-state index contributed by atoms with van der Waals surface area (Å²) >= 11 is 0. The van der Waals surface area contributed by atoms with Crippen LogP contribution in [0.2, 0.25) is 0 Å². The van der Waals surface area contributed by atoms with E-state index >= 15 is 0 Å². The van der Waals surface area contributed by atoms with Crippen LogP contribution in [0.4, 0.5) is 10.1 Å². The molecular weight excluding hydrogens is 407 g/mol. The van der Waals surface area contributed by atoms with Gasteiger partial charge in [0.2, 0.25) is 5.91 Å². The van der Waals surface area contributed by atoms with Crippen molar-refractivity contribution in [1.29, 1.82) is 0 Å². The standard InChI is InChI=1S/C25H31FN4O2/c26-21-14-20(15-27-16-21)25(32)29-23-8-4-5-18(13-23)17-30-11-9-19(10-12-30)24(31)28-22-6-2-1-3-7-22/h4-5,8,13-16,19,22H,1-3,6-7,9-12,17H2,(H,28,31)(H,29,32). The van der Waals surface area contributed by atoms with Gasteiger partial charge in [-0.25, -0.2) is 4.39 Å². The molecule has 0 spiro atoms. The van der Waals surface area contributed by atoms with Crippen molar-refractivity contribution in [2.45, 2.75) is 57.5 Å². The van der Waals surface area contributed by atoms with Gasteiger partial charge in [-0.2, -0.15) is 0 Å². The van der Waals surface area contributed by atoms with Crippen LogP contribution in [0.3, 0.4) is 0 Å². The Morgan fingerprint density at radius 2 is 1.81 bits per heavy atom. The van der Waals surface area contributed by atoms with Crippen molar-refractivity contribution in [2.24, 2.45) is 5.92 Å². The number of aromatic nitrogens is 1. The number of hydrogen-bond acceptors (Lipinski definition) is 4. The summed E-state index contributed by atoms with van der Waals surface area (Å²) in [4.78, 5) is 31.0. The summed E-state index contributed by atoms with van der Waals surface area (Å²) in [5, 5.41) is 6.08. The lowest BCUT2D eigenvalue weighted by atomic mass is 9.92. The molecule has 2 heterocycles. The molecule has 6 nitrogen and oxygen atoms in total. The fourth-order valence-corrected chi connectivity index (χ4v) is 4.66. The van der Waals surface area contributed by atoms with Gasteiger partial charge in [0, 0.05) is 30.4 Å². The molecule has 1 aliphatic heterocycles.